The third-order valence-corrected chi connectivity index (χ3v) is 3.60. The Morgan fingerprint density at radius 1 is 1.37 bits per heavy atom. The lowest BCUT2D eigenvalue weighted by Crippen LogP contribution is -1.97. The van der Waals surface area contributed by atoms with Crippen LogP contribution in [0.3, 0.4) is 0 Å². The molecular formula is C14H12ClN3O. The van der Waals surface area contributed by atoms with Crippen LogP contribution < -0.4 is 4.74 Å². The molecule has 19 heavy (non-hydrogen) atoms. The molecule has 4 nitrogen and oxygen atoms in total. The maximum Gasteiger partial charge on any atom is 0.150 e. The number of aromatic nitrogens is 2. The van der Waals surface area contributed by atoms with Gasteiger partial charge in [0.05, 0.1) is 18.5 Å². The molecule has 1 aromatic heterocycles. The summed E-state index contributed by atoms with van der Waals surface area (Å²) in [5.41, 5.74) is 2.15. The molecule has 0 spiro atoms. The zero-order valence-corrected chi connectivity index (χ0v) is 11.2. The Morgan fingerprint density at radius 3 is 2.58 bits per heavy atom. The molecule has 1 aliphatic carbocycles. The highest BCUT2D eigenvalue weighted by Gasteiger charge is 2.31. The van der Waals surface area contributed by atoms with Crippen molar-refractivity contribution in [1.82, 2.24) is 9.78 Å². The van der Waals surface area contributed by atoms with Gasteiger partial charge in [0.1, 0.15) is 17.4 Å². The van der Waals surface area contributed by atoms with Crippen molar-refractivity contribution < 1.29 is 4.74 Å². The molecule has 0 aliphatic heterocycles. The number of hydrogen-bond donors (Lipinski definition) is 0. The van der Waals surface area contributed by atoms with Gasteiger partial charge in [0.15, 0.2) is 5.15 Å². The van der Waals surface area contributed by atoms with Gasteiger partial charge in [-0.05, 0) is 37.1 Å². The van der Waals surface area contributed by atoms with Crippen molar-refractivity contribution in [3.05, 3.63) is 40.7 Å². The number of methoxy groups -OCH3 is 1. The van der Waals surface area contributed by atoms with Crippen molar-refractivity contribution in [2.45, 2.75) is 18.8 Å². The molecule has 0 amide bonds. The van der Waals surface area contributed by atoms with E-state index in [4.69, 9.17) is 16.3 Å². The molecule has 1 heterocycles. The van der Waals surface area contributed by atoms with Gasteiger partial charge in [-0.25, -0.2) is 4.68 Å². The summed E-state index contributed by atoms with van der Waals surface area (Å²) >= 11 is 6.26. The van der Waals surface area contributed by atoms with Crippen LogP contribution in [0, 0.1) is 11.3 Å². The first kappa shape index (κ1) is 12.1. The van der Waals surface area contributed by atoms with E-state index in [-0.39, 0.29) is 0 Å². The molecule has 0 bridgehead atoms. The molecule has 0 N–H and O–H groups in total. The van der Waals surface area contributed by atoms with E-state index in [1.54, 1.807) is 11.8 Å². The molecule has 1 fully saturated rings. The predicted molar refractivity (Wildman–Crippen MR) is 71.8 cm³/mol. The summed E-state index contributed by atoms with van der Waals surface area (Å²) in [6, 6.07) is 9.59. The molecular weight excluding hydrogens is 262 g/mol. The van der Waals surface area contributed by atoms with Crippen molar-refractivity contribution in [3.8, 4) is 17.5 Å². The third-order valence-electron chi connectivity index (χ3n) is 3.25. The van der Waals surface area contributed by atoms with E-state index in [0.717, 1.165) is 30.0 Å². The minimum absolute atomic E-state index is 0.384. The predicted octanol–water partition coefficient (Wildman–Crippen LogP) is 3.28. The fraction of sp³-hybridized carbons (Fsp3) is 0.286. The lowest BCUT2D eigenvalue weighted by atomic mass is 10.2. The van der Waals surface area contributed by atoms with E-state index in [1.165, 1.54) is 0 Å². The minimum Gasteiger partial charge on any atom is -0.497 e. The SMILES string of the molecule is COc1ccc(-n2nc(C3CC3)c(C#N)c2Cl)cc1. The quantitative estimate of drug-likeness (QED) is 0.862. The van der Waals surface area contributed by atoms with E-state index >= 15 is 0 Å². The average molecular weight is 274 g/mol. The summed E-state index contributed by atoms with van der Waals surface area (Å²) in [5, 5.41) is 14.1. The molecule has 2 aromatic rings. The number of rotatable bonds is 3. The molecule has 3 rings (SSSR count). The Balaban J connectivity index is 2.06. The Kier molecular flexibility index (Phi) is 2.92. The van der Waals surface area contributed by atoms with Gasteiger partial charge in [-0.15, -0.1) is 0 Å². The van der Waals surface area contributed by atoms with Crippen LogP contribution in [0.1, 0.15) is 30.0 Å². The van der Waals surface area contributed by atoms with Crippen molar-refractivity contribution in [2.24, 2.45) is 0 Å². The van der Waals surface area contributed by atoms with Crippen LogP contribution in [-0.4, -0.2) is 16.9 Å². The standard InChI is InChI=1S/C14H12ClN3O/c1-19-11-6-4-10(5-7-11)18-14(15)12(8-16)13(17-18)9-2-3-9/h4-7,9H,2-3H2,1H3. The van der Waals surface area contributed by atoms with Gasteiger partial charge < -0.3 is 4.74 Å². The summed E-state index contributed by atoms with van der Waals surface area (Å²) in [7, 11) is 1.62. The molecule has 0 saturated heterocycles. The van der Waals surface area contributed by atoms with E-state index in [0.29, 0.717) is 16.6 Å². The molecule has 0 atom stereocenters. The summed E-state index contributed by atoms with van der Waals surface area (Å²) in [6.07, 6.45) is 2.18. The number of ether oxygens (including phenoxy) is 1. The molecule has 5 heteroatoms. The normalized spacial score (nSPS) is 14.2. The van der Waals surface area contributed by atoms with Crippen LogP contribution in [0.5, 0.6) is 5.75 Å². The smallest absolute Gasteiger partial charge is 0.150 e. The number of hydrogen-bond acceptors (Lipinski definition) is 3. The number of nitriles is 1. The van der Waals surface area contributed by atoms with Gasteiger partial charge in [0.25, 0.3) is 0 Å². The molecule has 1 aromatic carbocycles. The summed E-state index contributed by atoms with van der Waals surface area (Å²) < 4.78 is 6.74. The molecule has 1 aliphatic rings. The lowest BCUT2D eigenvalue weighted by molar-refractivity contribution is 0.414. The van der Waals surface area contributed by atoms with Crippen molar-refractivity contribution in [3.63, 3.8) is 0 Å². The van der Waals surface area contributed by atoms with Gasteiger partial charge in [-0.2, -0.15) is 10.4 Å². The van der Waals surface area contributed by atoms with Crippen molar-refractivity contribution in [1.29, 1.82) is 5.26 Å². The van der Waals surface area contributed by atoms with Gasteiger partial charge in [0.2, 0.25) is 0 Å². The van der Waals surface area contributed by atoms with Crippen molar-refractivity contribution in [2.75, 3.05) is 7.11 Å². The van der Waals surface area contributed by atoms with E-state index < -0.39 is 0 Å². The first-order chi connectivity index (χ1) is 9.24. The minimum atomic E-state index is 0.384. The van der Waals surface area contributed by atoms with E-state index in [9.17, 15) is 5.26 Å². The van der Waals surface area contributed by atoms with Crippen LogP contribution >= 0.6 is 11.6 Å². The highest BCUT2D eigenvalue weighted by molar-refractivity contribution is 6.31. The molecule has 0 unspecified atom stereocenters. The number of benzene rings is 1. The second-order valence-corrected chi connectivity index (χ2v) is 4.90. The van der Waals surface area contributed by atoms with Gasteiger partial charge in [0, 0.05) is 5.92 Å². The highest BCUT2D eigenvalue weighted by atomic mass is 35.5. The van der Waals surface area contributed by atoms with Crippen molar-refractivity contribution >= 4 is 11.6 Å². The van der Waals surface area contributed by atoms with Gasteiger partial charge in [-0.1, -0.05) is 11.6 Å². The zero-order chi connectivity index (χ0) is 13.4. The third kappa shape index (κ3) is 2.06. The Morgan fingerprint density at radius 2 is 2.05 bits per heavy atom. The summed E-state index contributed by atoms with van der Waals surface area (Å²) in [5.74, 6) is 1.17. The van der Waals surface area contributed by atoms with Crippen LogP contribution in [0.2, 0.25) is 5.15 Å². The van der Waals surface area contributed by atoms with Gasteiger partial charge >= 0.3 is 0 Å². The first-order valence-corrected chi connectivity index (χ1v) is 6.45. The average Bonchev–Trinajstić information content (AvgIpc) is 3.23. The Labute approximate surface area is 116 Å². The topological polar surface area (TPSA) is 50.8 Å². The second-order valence-electron chi connectivity index (χ2n) is 4.55. The molecule has 1 saturated carbocycles. The summed E-state index contributed by atoms with van der Waals surface area (Å²) in [6.45, 7) is 0. The van der Waals surface area contributed by atoms with Crippen LogP contribution in [0.4, 0.5) is 0 Å². The van der Waals surface area contributed by atoms with Crippen LogP contribution in [-0.2, 0) is 0 Å². The Bertz CT molecular complexity index is 651. The second kappa shape index (κ2) is 4.60. The van der Waals surface area contributed by atoms with E-state index in [2.05, 4.69) is 11.2 Å². The summed E-state index contributed by atoms with van der Waals surface area (Å²) in [4.78, 5) is 0. The number of halogens is 1. The number of nitrogens with zero attached hydrogens (tertiary/aromatic N) is 3. The largest absolute Gasteiger partial charge is 0.497 e. The fourth-order valence-corrected chi connectivity index (χ4v) is 2.33. The van der Waals surface area contributed by atoms with Crippen LogP contribution in [0.15, 0.2) is 24.3 Å². The lowest BCUT2D eigenvalue weighted by Gasteiger charge is -2.04. The van der Waals surface area contributed by atoms with Crippen LogP contribution in [0.25, 0.3) is 5.69 Å². The van der Waals surface area contributed by atoms with Gasteiger partial charge in [-0.3, -0.25) is 0 Å². The molecule has 0 radical (unpaired) electrons. The maximum absolute atomic E-state index is 9.21. The first-order valence-electron chi connectivity index (χ1n) is 6.07. The highest BCUT2D eigenvalue weighted by Crippen LogP contribution is 2.42. The fourth-order valence-electron chi connectivity index (χ4n) is 2.05. The molecule has 96 valence electrons. The monoisotopic (exact) mass is 273 g/mol. The van der Waals surface area contributed by atoms with E-state index in [1.807, 2.05) is 24.3 Å². The maximum atomic E-state index is 9.21. The Hall–Kier alpha value is -1.99. The zero-order valence-electron chi connectivity index (χ0n) is 10.4.